The van der Waals surface area contributed by atoms with Crippen molar-refractivity contribution in [3.05, 3.63) is 23.3 Å². The second-order valence-electron chi connectivity index (χ2n) is 5.96. The molecule has 128 valence electrons. The van der Waals surface area contributed by atoms with E-state index in [1.165, 1.54) is 0 Å². The molecular weight excluding hydrogens is 343 g/mol. The molecule has 0 atom stereocenters. The second kappa shape index (κ2) is 5.06. The number of fused-ring (bicyclic) bond motifs is 1. The summed E-state index contributed by atoms with van der Waals surface area (Å²) in [7, 11) is -4.30. The lowest BCUT2D eigenvalue weighted by Gasteiger charge is -2.35. The minimum Gasteiger partial charge on any atom is -0.490 e. The second-order valence-corrected chi connectivity index (χ2v) is 7.84. The molecule has 2 aliphatic rings. The molecule has 0 N–H and O–H groups in total. The summed E-state index contributed by atoms with van der Waals surface area (Å²) in [6.07, 6.45) is -3.41. The first-order valence-electron chi connectivity index (χ1n) is 6.89. The van der Waals surface area contributed by atoms with Gasteiger partial charge in [0, 0.05) is 31.2 Å². The van der Waals surface area contributed by atoms with Crippen LogP contribution >= 0.6 is 0 Å². The maximum Gasteiger partial charge on any atom is 0.256 e. The number of hydrogen-bond donors (Lipinski definition) is 0. The number of ether oxygens (including phenoxy) is 1. The number of hydrogen-bond acceptors (Lipinski definition) is 3. The molecule has 0 bridgehead atoms. The summed E-state index contributed by atoms with van der Waals surface area (Å²) in [5.41, 5.74) is -0.226. The van der Waals surface area contributed by atoms with Crippen LogP contribution in [0.2, 0.25) is 0 Å². The van der Waals surface area contributed by atoms with E-state index in [2.05, 4.69) is 0 Å². The molecule has 1 saturated carbocycles. The van der Waals surface area contributed by atoms with Crippen molar-refractivity contribution in [3.8, 4) is 5.75 Å². The van der Waals surface area contributed by atoms with Gasteiger partial charge in [-0.2, -0.15) is 0 Å². The minimum absolute atomic E-state index is 0.0320. The Morgan fingerprint density at radius 3 is 2.22 bits per heavy atom. The highest BCUT2D eigenvalue weighted by atomic mass is 32.2. The monoisotopic (exact) mass is 356 g/mol. The van der Waals surface area contributed by atoms with E-state index < -0.39 is 64.4 Å². The Morgan fingerprint density at radius 2 is 1.65 bits per heavy atom. The lowest BCUT2D eigenvalue weighted by atomic mass is 9.91. The molecule has 0 amide bonds. The maximum absolute atomic E-state index is 13.7. The Bertz CT molecular complexity index is 737. The summed E-state index contributed by atoms with van der Waals surface area (Å²) in [5.74, 6) is -6.03. The average Bonchev–Trinajstić information content (AvgIpc) is 2.72. The molecule has 0 aliphatic heterocycles. The van der Waals surface area contributed by atoms with E-state index in [-0.39, 0.29) is 16.9 Å². The summed E-state index contributed by atoms with van der Waals surface area (Å²) in [4.78, 5) is -0.488. The normalized spacial score (nSPS) is 22.5. The Hall–Kier alpha value is -1.38. The Morgan fingerprint density at radius 1 is 1.04 bits per heavy atom. The van der Waals surface area contributed by atoms with Crippen LogP contribution in [0.15, 0.2) is 17.0 Å². The number of halogens is 5. The molecule has 1 aromatic rings. The Kier molecular flexibility index (Phi) is 3.62. The Labute approximate surface area is 129 Å². The molecular formula is C14H13F5O3S. The van der Waals surface area contributed by atoms with Crippen molar-refractivity contribution in [1.82, 2.24) is 0 Å². The van der Waals surface area contributed by atoms with E-state index in [9.17, 15) is 30.4 Å². The zero-order valence-corrected chi connectivity index (χ0v) is 12.6. The SMILES string of the molecule is O=S(=O)(CF)c1ccc(OC2CC(F)(F)C2)c2c1CC(F)(F)C2. The average molecular weight is 356 g/mol. The molecule has 0 heterocycles. The highest BCUT2D eigenvalue weighted by Crippen LogP contribution is 2.45. The van der Waals surface area contributed by atoms with Gasteiger partial charge in [-0.25, -0.2) is 30.4 Å². The van der Waals surface area contributed by atoms with Gasteiger partial charge in [-0.05, 0) is 17.7 Å². The van der Waals surface area contributed by atoms with Crippen LogP contribution in [-0.2, 0) is 22.7 Å². The zero-order chi connectivity index (χ0) is 17.0. The van der Waals surface area contributed by atoms with Crippen LogP contribution in [0, 0.1) is 0 Å². The summed E-state index contributed by atoms with van der Waals surface area (Å²) >= 11 is 0. The fourth-order valence-corrected chi connectivity index (χ4v) is 3.91. The van der Waals surface area contributed by atoms with Crippen LogP contribution in [0.4, 0.5) is 22.0 Å². The molecule has 0 spiro atoms. The smallest absolute Gasteiger partial charge is 0.256 e. The Balaban J connectivity index is 1.97. The van der Waals surface area contributed by atoms with Gasteiger partial charge in [-0.1, -0.05) is 0 Å². The molecule has 0 saturated heterocycles. The van der Waals surface area contributed by atoms with E-state index in [0.717, 1.165) is 12.1 Å². The van der Waals surface area contributed by atoms with Crippen LogP contribution < -0.4 is 4.74 Å². The summed E-state index contributed by atoms with van der Waals surface area (Å²) in [6.45, 7) is 0. The van der Waals surface area contributed by atoms with Crippen molar-refractivity contribution in [1.29, 1.82) is 0 Å². The lowest BCUT2D eigenvalue weighted by Crippen LogP contribution is -2.43. The standard InChI is InChI=1S/C14H13F5O3S/c15-7-23(20,21)12-2-1-11(22-8-3-13(16,17)4-8)9-5-14(18,19)6-10(9)12/h1-2,8H,3-7H2. The van der Waals surface area contributed by atoms with Crippen LogP contribution in [-0.4, -0.2) is 32.4 Å². The predicted molar refractivity (Wildman–Crippen MR) is 70.6 cm³/mol. The summed E-state index contributed by atoms with van der Waals surface area (Å²) in [6, 6.07) is 0.445. The van der Waals surface area contributed by atoms with E-state index in [4.69, 9.17) is 4.74 Å². The first-order chi connectivity index (χ1) is 10.5. The summed E-state index contributed by atoms with van der Waals surface area (Å²) < 4.78 is 94.4. The van der Waals surface area contributed by atoms with Crippen LogP contribution in [0.25, 0.3) is 0 Å². The van der Waals surface area contributed by atoms with Gasteiger partial charge in [0.1, 0.15) is 11.9 Å². The third kappa shape index (κ3) is 3.02. The molecule has 3 rings (SSSR count). The topological polar surface area (TPSA) is 43.4 Å². The van der Waals surface area contributed by atoms with Gasteiger partial charge in [0.05, 0.1) is 4.90 Å². The molecule has 0 unspecified atom stereocenters. The summed E-state index contributed by atoms with van der Waals surface area (Å²) in [5, 5.41) is 0. The van der Waals surface area contributed by atoms with Gasteiger partial charge in [0.15, 0.2) is 6.01 Å². The van der Waals surface area contributed by atoms with Gasteiger partial charge >= 0.3 is 0 Å². The van der Waals surface area contributed by atoms with Crippen molar-refractivity contribution >= 4 is 9.84 Å². The van der Waals surface area contributed by atoms with Crippen LogP contribution in [0.3, 0.4) is 0 Å². The van der Waals surface area contributed by atoms with E-state index in [1.54, 1.807) is 0 Å². The molecule has 2 aliphatic carbocycles. The third-order valence-corrected chi connectivity index (χ3v) is 5.38. The van der Waals surface area contributed by atoms with Gasteiger partial charge in [0.2, 0.25) is 9.84 Å². The van der Waals surface area contributed by atoms with Gasteiger partial charge < -0.3 is 4.74 Å². The predicted octanol–water partition coefficient (Wildman–Crippen LogP) is 3.30. The molecule has 1 fully saturated rings. The van der Waals surface area contributed by atoms with E-state index in [1.807, 2.05) is 0 Å². The highest BCUT2D eigenvalue weighted by molar-refractivity contribution is 7.91. The van der Waals surface area contributed by atoms with Crippen molar-refractivity contribution in [3.63, 3.8) is 0 Å². The number of alkyl halides is 5. The third-order valence-electron chi connectivity index (χ3n) is 4.04. The minimum atomic E-state index is -4.30. The van der Waals surface area contributed by atoms with Crippen molar-refractivity contribution < 1.29 is 35.1 Å². The van der Waals surface area contributed by atoms with Crippen molar-refractivity contribution in [2.45, 2.75) is 48.5 Å². The van der Waals surface area contributed by atoms with Crippen LogP contribution in [0.5, 0.6) is 5.75 Å². The molecule has 1 aromatic carbocycles. The molecule has 23 heavy (non-hydrogen) atoms. The van der Waals surface area contributed by atoms with E-state index in [0.29, 0.717) is 0 Å². The number of sulfone groups is 1. The highest BCUT2D eigenvalue weighted by Gasteiger charge is 2.48. The largest absolute Gasteiger partial charge is 0.490 e. The molecule has 0 aromatic heterocycles. The fourth-order valence-electron chi connectivity index (χ4n) is 2.95. The van der Waals surface area contributed by atoms with Crippen LogP contribution in [0.1, 0.15) is 24.0 Å². The molecule has 3 nitrogen and oxygen atoms in total. The first kappa shape index (κ1) is 16.5. The van der Waals surface area contributed by atoms with Crippen molar-refractivity contribution in [2.24, 2.45) is 0 Å². The van der Waals surface area contributed by atoms with Gasteiger partial charge in [-0.15, -0.1) is 0 Å². The molecule has 9 heteroatoms. The number of benzene rings is 1. The molecule has 0 radical (unpaired) electrons. The van der Waals surface area contributed by atoms with Gasteiger partial charge in [0.25, 0.3) is 11.8 Å². The maximum atomic E-state index is 13.7. The van der Waals surface area contributed by atoms with Gasteiger partial charge in [-0.3, -0.25) is 0 Å². The number of rotatable bonds is 4. The van der Waals surface area contributed by atoms with Crippen molar-refractivity contribution in [2.75, 3.05) is 6.01 Å². The van der Waals surface area contributed by atoms with E-state index >= 15 is 0 Å². The quantitative estimate of drug-likeness (QED) is 0.778. The first-order valence-corrected chi connectivity index (χ1v) is 8.54. The zero-order valence-electron chi connectivity index (χ0n) is 11.8. The fraction of sp³-hybridized carbons (Fsp3) is 0.571. The lowest BCUT2D eigenvalue weighted by molar-refractivity contribution is -0.134.